The van der Waals surface area contributed by atoms with E-state index in [2.05, 4.69) is 17.1 Å². The smallest absolute Gasteiger partial charge is 0.128 e. The van der Waals surface area contributed by atoms with Gasteiger partial charge in [0, 0.05) is 31.4 Å². The maximum absolute atomic E-state index is 13.4. The zero-order valence-corrected chi connectivity index (χ0v) is 9.26. The van der Waals surface area contributed by atoms with Crippen molar-refractivity contribution in [3.63, 3.8) is 0 Å². The van der Waals surface area contributed by atoms with Crippen LogP contribution in [0.25, 0.3) is 0 Å². The third-order valence-electron chi connectivity index (χ3n) is 2.99. The van der Waals surface area contributed by atoms with Crippen LogP contribution in [0.4, 0.5) is 10.1 Å². The molecule has 2 nitrogen and oxygen atoms in total. The van der Waals surface area contributed by atoms with Crippen molar-refractivity contribution in [2.24, 2.45) is 0 Å². The molecule has 0 aromatic heterocycles. The number of aryl methyl sites for hydroxylation is 1. The first kappa shape index (κ1) is 10.4. The molecular weight excluding hydrogens is 191 g/mol. The maximum Gasteiger partial charge on any atom is 0.128 e. The SMILES string of the molecule is Cc1ccc(N2CCNC[C@@H]2C)cc1F. The lowest BCUT2D eigenvalue weighted by Gasteiger charge is -2.36. The van der Waals surface area contributed by atoms with E-state index < -0.39 is 0 Å². The van der Waals surface area contributed by atoms with Crippen LogP contribution in [-0.4, -0.2) is 25.7 Å². The predicted molar refractivity (Wildman–Crippen MR) is 60.8 cm³/mol. The van der Waals surface area contributed by atoms with Crippen molar-refractivity contribution in [2.75, 3.05) is 24.5 Å². The van der Waals surface area contributed by atoms with E-state index in [4.69, 9.17) is 0 Å². The molecule has 3 heteroatoms. The highest BCUT2D eigenvalue weighted by Gasteiger charge is 2.18. The molecule has 0 aliphatic carbocycles. The number of piperazine rings is 1. The quantitative estimate of drug-likeness (QED) is 0.758. The van der Waals surface area contributed by atoms with Gasteiger partial charge in [0.15, 0.2) is 0 Å². The van der Waals surface area contributed by atoms with Gasteiger partial charge in [-0.2, -0.15) is 0 Å². The molecular formula is C12H17FN2. The molecule has 1 aliphatic rings. The van der Waals surface area contributed by atoms with Crippen LogP contribution >= 0.6 is 0 Å². The zero-order valence-electron chi connectivity index (χ0n) is 9.26. The van der Waals surface area contributed by atoms with E-state index in [1.807, 2.05) is 12.1 Å². The number of hydrogen-bond acceptors (Lipinski definition) is 2. The third kappa shape index (κ3) is 2.12. The van der Waals surface area contributed by atoms with Crippen molar-refractivity contribution in [1.29, 1.82) is 0 Å². The highest BCUT2D eigenvalue weighted by Crippen LogP contribution is 2.21. The molecule has 1 aliphatic heterocycles. The summed E-state index contributed by atoms with van der Waals surface area (Å²) in [5.74, 6) is -0.113. The lowest BCUT2D eigenvalue weighted by Crippen LogP contribution is -2.49. The number of benzene rings is 1. The standard InChI is InChI=1S/C12H17FN2/c1-9-3-4-11(7-12(9)13)15-6-5-14-8-10(15)2/h3-4,7,10,14H,5-6,8H2,1-2H3/t10-/m0/s1. The third-order valence-corrected chi connectivity index (χ3v) is 2.99. The highest BCUT2D eigenvalue weighted by molar-refractivity contribution is 5.49. The molecule has 1 heterocycles. The van der Waals surface area contributed by atoms with Gasteiger partial charge in [-0.05, 0) is 31.5 Å². The van der Waals surface area contributed by atoms with Gasteiger partial charge in [0.25, 0.3) is 0 Å². The summed E-state index contributed by atoms with van der Waals surface area (Å²) in [5, 5.41) is 3.32. The molecule has 2 rings (SSSR count). The summed E-state index contributed by atoms with van der Waals surface area (Å²) >= 11 is 0. The Hall–Kier alpha value is -1.09. The van der Waals surface area contributed by atoms with Gasteiger partial charge in [-0.1, -0.05) is 6.07 Å². The van der Waals surface area contributed by atoms with Gasteiger partial charge in [-0.3, -0.25) is 0 Å². The van der Waals surface area contributed by atoms with Crippen LogP contribution in [0.3, 0.4) is 0 Å². The number of nitrogens with zero attached hydrogens (tertiary/aromatic N) is 1. The summed E-state index contributed by atoms with van der Waals surface area (Å²) in [5.41, 5.74) is 1.70. The predicted octanol–water partition coefficient (Wildman–Crippen LogP) is 1.93. The van der Waals surface area contributed by atoms with E-state index in [0.29, 0.717) is 11.6 Å². The van der Waals surface area contributed by atoms with Crippen LogP contribution in [0.5, 0.6) is 0 Å². The molecule has 0 bridgehead atoms. The van der Waals surface area contributed by atoms with E-state index in [1.54, 1.807) is 13.0 Å². The fourth-order valence-corrected chi connectivity index (χ4v) is 1.99. The fraction of sp³-hybridized carbons (Fsp3) is 0.500. The summed E-state index contributed by atoms with van der Waals surface area (Å²) in [6, 6.07) is 5.91. The van der Waals surface area contributed by atoms with Crippen molar-refractivity contribution >= 4 is 5.69 Å². The number of hydrogen-bond donors (Lipinski definition) is 1. The van der Waals surface area contributed by atoms with Crippen molar-refractivity contribution in [3.05, 3.63) is 29.6 Å². The Morgan fingerprint density at radius 2 is 2.27 bits per heavy atom. The van der Waals surface area contributed by atoms with Crippen LogP contribution in [-0.2, 0) is 0 Å². The number of nitrogens with one attached hydrogen (secondary N) is 1. The molecule has 1 saturated heterocycles. The topological polar surface area (TPSA) is 15.3 Å². The molecule has 82 valence electrons. The first-order valence-electron chi connectivity index (χ1n) is 5.42. The zero-order chi connectivity index (χ0) is 10.8. The number of rotatable bonds is 1. The van der Waals surface area contributed by atoms with Gasteiger partial charge < -0.3 is 10.2 Å². The van der Waals surface area contributed by atoms with Gasteiger partial charge in [-0.25, -0.2) is 4.39 Å². The van der Waals surface area contributed by atoms with E-state index in [0.717, 1.165) is 25.3 Å². The molecule has 0 spiro atoms. The lowest BCUT2D eigenvalue weighted by atomic mass is 10.1. The Balaban J connectivity index is 2.24. The van der Waals surface area contributed by atoms with Gasteiger partial charge in [0.1, 0.15) is 5.82 Å². The minimum absolute atomic E-state index is 0.113. The Kier molecular flexibility index (Phi) is 2.91. The molecule has 1 fully saturated rings. The summed E-state index contributed by atoms with van der Waals surface area (Å²) in [4.78, 5) is 2.25. The van der Waals surface area contributed by atoms with Gasteiger partial charge in [0.05, 0.1) is 0 Å². The molecule has 0 saturated carbocycles. The largest absolute Gasteiger partial charge is 0.366 e. The van der Waals surface area contributed by atoms with Gasteiger partial charge in [0.2, 0.25) is 0 Å². The molecule has 0 radical (unpaired) electrons. The Morgan fingerprint density at radius 1 is 1.47 bits per heavy atom. The van der Waals surface area contributed by atoms with Crippen LogP contribution in [0, 0.1) is 12.7 Å². The van der Waals surface area contributed by atoms with Crippen LogP contribution in [0.2, 0.25) is 0 Å². The van der Waals surface area contributed by atoms with Crippen LogP contribution < -0.4 is 10.2 Å². The summed E-state index contributed by atoms with van der Waals surface area (Å²) in [6.45, 7) is 6.84. The molecule has 0 amide bonds. The number of halogens is 1. The van der Waals surface area contributed by atoms with Crippen molar-refractivity contribution < 1.29 is 4.39 Å². The van der Waals surface area contributed by atoms with E-state index in [9.17, 15) is 4.39 Å². The van der Waals surface area contributed by atoms with Gasteiger partial charge >= 0.3 is 0 Å². The van der Waals surface area contributed by atoms with Crippen molar-refractivity contribution in [2.45, 2.75) is 19.9 Å². The van der Waals surface area contributed by atoms with Crippen LogP contribution in [0.15, 0.2) is 18.2 Å². The average molecular weight is 208 g/mol. The Morgan fingerprint density at radius 3 is 2.93 bits per heavy atom. The molecule has 1 aromatic rings. The molecule has 1 atom stereocenters. The first-order valence-corrected chi connectivity index (χ1v) is 5.42. The second-order valence-electron chi connectivity index (χ2n) is 4.18. The van der Waals surface area contributed by atoms with Crippen LogP contribution in [0.1, 0.15) is 12.5 Å². The Bertz CT molecular complexity index is 351. The second kappa shape index (κ2) is 4.19. The highest BCUT2D eigenvalue weighted by atomic mass is 19.1. The van der Waals surface area contributed by atoms with Crippen molar-refractivity contribution in [3.8, 4) is 0 Å². The monoisotopic (exact) mass is 208 g/mol. The summed E-state index contributed by atoms with van der Waals surface area (Å²) in [7, 11) is 0. The second-order valence-corrected chi connectivity index (χ2v) is 4.18. The summed E-state index contributed by atoms with van der Waals surface area (Å²) in [6.07, 6.45) is 0. The molecule has 1 N–H and O–H groups in total. The lowest BCUT2D eigenvalue weighted by molar-refractivity contribution is 0.499. The maximum atomic E-state index is 13.4. The summed E-state index contributed by atoms with van der Waals surface area (Å²) < 4.78 is 13.4. The molecule has 15 heavy (non-hydrogen) atoms. The fourth-order valence-electron chi connectivity index (χ4n) is 1.99. The molecule has 0 unspecified atom stereocenters. The number of anilines is 1. The minimum Gasteiger partial charge on any atom is -0.366 e. The Labute approximate surface area is 90.1 Å². The average Bonchev–Trinajstić information content (AvgIpc) is 2.23. The van der Waals surface area contributed by atoms with E-state index in [-0.39, 0.29) is 5.82 Å². The minimum atomic E-state index is -0.113. The molecule has 1 aromatic carbocycles. The normalized spacial score (nSPS) is 21.8. The van der Waals surface area contributed by atoms with Gasteiger partial charge in [-0.15, -0.1) is 0 Å². The first-order chi connectivity index (χ1) is 7.18. The van der Waals surface area contributed by atoms with Crippen molar-refractivity contribution in [1.82, 2.24) is 5.32 Å². The van der Waals surface area contributed by atoms with E-state index >= 15 is 0 Å². The van der Waals surface area contributed by atoms with E-state index in [1.165, 1.54) is 0 Å².